The molecule has 0 aliphatic carbocycles. The first kappa shape index (κ1) is 13.2. The molecule has 0 aromatic carbocycles. The van der Waals surface area contributed by atoms with Crippen LogP contribution in [-0.2, 0) is 16.6 Å². The van der Waals surface area contributed by atoms with Gasteiger partial charge in [0.25, 0.3) is 0 Å². The van der Waals surface area contributed by atoms with Crippen LogP contribution < -0.4 is 0 Å². The number of nitrogens with zero attached hydrogens (tertiary/aromatic N) is 4. The fraction of sp³-hybridized carbons (Fsp3) is 0.583. The highest BCUT2D eigenvalue weighted by molar-refractivity contribution is 6.48. The van der Waals surface area contributed by atoms with Gasteiger partial charge in [-0.05, 0) is 13.1 Å². The van der Waals surface area contributed by atoms with Crippen molar-refractivity contribution < 1.29 is 4.43 Å². The summed E-state index contributed by atoms with van der Waals surface area (Å²) in [6.07, 6.45) is 3.31. The summed E-state index contributed by atoms with van der Waals surface area (Å²) >= 11 is 0. The summed E-state index contributed by atoms with van der Waals surface area (Å²) in [7, 11) is -1.06. The minimum Gasteiger partial charge on any atom is -0.403 e. The second-order valence-electron chi connectivity index (χ2n) is 5.69. The Hall–Kier alpha value is -1.27. The maximum atomic E-state index is 5.83. The Bertz CT molecular complexity index is 544. The third-order valence-corrected chi connectivity index (χ3v) is 3.43. The lowest BCUT2D eigenvalue weighted by Gasteiger charge is -2.20. The van der Waals surface area contributed by atoms with Crippen molar-refractivity contribution in [2.24, 2.45) is 0 Å². The predicted molar refractivity (Wildman–Crippen MR) is 74.0 cm³/mol. The van der Waals surface area contributed by atoms with Gasteiger partial charge in [0.15, 0.2) is 14.7 Å². The van der Waals surface area contributed by atoms with Crippen molar-refractivity contribution in [1.29, 1.82) is 0 Å². The summed E-state index contributed by atoms with van der Waals surface area (Å²) in [5.74, 6) is 0.993. The molecule has 2 aromatic rings. The van der Waals surface area contributed by atoms with Crippen LogP contribution in [0.4, 0.5) is 0 Å². The molecule has 0 saturated heterocycles. The van der Waals surface area contributed by atoms with Gasteiger partial charge < -0.3 is 4.43 Å². The highest BCUT2D eigenvalue weighted by Gasteiger charge is 2.23. The van der Waals surface area contributed by atoms with Crippen molar-refractivity contribution in [3.8, 4) is 0 Å². The van der Waals surface area contributed by atoms with Gasteiger partial charge >= 0.3 is 0 Å². The van der Waals surface area contributed by atoms with E-state index in [1.54, 1.807) is 12.5 Å². The number of aromatic nitrogens is 4. The van der Waals surface area contributed by atoms with Crippen LogP contribution in [0.2, 0.25) is 13.1 Å². The number of rotatable bonds is 3. The summed E-state index contributed by atoms with van der Waals surface area (Å²) in [5, 5.41) is 0. The minimum absolute atomic E-state index is 0.0391. The molecule has 5 nitrogen and oxygen atoms in total. The lowest BCUT2D eigenvalue weighted by atomic mass is 9.96. The molecule has 0 aliphatic heterocycles. The third-order valence-electron chi connectivity index (χ3n) is 2.62. The molecule has 0 N–H and O–H groups in total. The van der Waals surface area contributed by atoms with E-state index in [1.165, 1.54) is 0 Å². The van der Waals surface area contributed by atoms with Crippen molar-refractivity contribution in [3.63, 3.8) is 0 Å². The van der Waals surface area contributed by atoms with Gasteiger partial charge in [-0.15, -0.1) is 0 Å². The van der Waals surface area contributed by atoms with Crippen LogP contribution in [0.3, 0.4) is 0 Å². The number of fused-ring (bicyclic) bond motifs is 1. The second-order valence-corrected chi connectivity index (χ2v) is 8.12. The minimum atomic E-state index is -1.06. The van der Waals surface area contributed by atoms with Crippen molar-refractivity contribution in [2.75, 3.05) is 0 Å². The molecule has 2 rings (SSSR count). The molecule has 0 fully saturated rings. The molecule has 2 aromatic heterocycles. The lowest BCUT2D eigenvalue weighted by Crippen LogP contribution is -2.22. The monoisotopic (exact) mass is 264 g/mol. The summed E-state index contributed by atoms with van der Waals surface area (Å²) in [6.45, 7) is 11.3. The molecule has 98 valence electrons. The smallest absolute Gasteiger partial charge is 0.173 e. The Balaban J connectivity index is 2.51. The van der Waals surface area contributed by atoms with Gasteiger partial charge in [0.1, 0.15) is 24.4 Å². The Kier molecular flexibility index (Phi) is 3.49. The zero-order chi connectivity index (χ0) is 13.3. The van der Waals surface area contributed by atoms with Gasteiger partial charge in [-0.25, -0.2) is 15.0 Å². The summed E-state index contributed by atoms with van der Waals surface area (Å²) in [4.78, 5) is 13.0. The van der Waals surface area contributed by atoms with Crippen LogP contribution in [0.15, 0.2) is 12.5 Å². The molecule has 2 heterocycles. The topological polar surface area (TPSA) is 52.8 Å². The van der Waals surface area contributed by atoms with Crippen LogP contribution >= 0.6 is 0 Å². The Morgan fingerprint density at radius 2 is 2.06 bits per heavy atom. The van der Waals surface area contributed by atoms with Crippen LogP contribution in [0.5, 0.6) is 0 Å². The molecule has 0 unspecified atom stereocenters. The van der Waals surface area contributed by atoms with E-state index in [0.717, 1.165) is 17.0 Å². The quantitative estimate of drug-likeness (QED) is 0.797. The van der Waals surface area contributed by atoms with E-state index >= 15 is 0 Å². The summed E-state index contributed by atoms with van der Waals surface area (Å²) < 4.78 is 7.89. The zero-order valence-electron chi connectivity index (χ0n) is 11.6. The van der Waals surface area contributed by atoms with E-state index in [-0.39, 0.29) is 5.41 Å². The normalized spacial score (nSPS) is 12.6. The van der Waals surface area contributed by atoms with Crippen molar-refractivity contribution in [3.05, 3.63) is 18.3 Å². The van der Waals surface area contributed by atoms with E-state index in [1.807, 2.05) is 0 Å². The number of imidazole rings is 1. The average Bonchev–Trinajstić information content (AvgIpc) is 2.64. The molecule has 0 radical (unpaired) electrons. The third kappa shape index (κ3) is 2.59. The zero-order valence-corrected chi connectivity index (χ0v) is 12.8. The molecule has 0 aliphatic rings. The molecule has 0 amide bonds. The Morgan fingerprint density at radius 1 is 1.33 bits per heavy atom. The molecule has 0 spiro atoms. The van der Waals surface area contributed by atoms with Crippen molar-refractivity contribution in [1.82, 2.24) is 19.5 Å². The maximum absolute atomic E-state index is 5.83. The fourth-order valence-corrected chi connectivity index (χ4v) is 2.24. The highest BCUT2D eigenvalue weighted by Crippen LogP contribution is 2.25. The molecule has 18 heavy (non-hydrogen) atoms. The van der Waals surface area contributed by atoms with Gasteiger partial charge in [0.05, 0.1) is 6.20 Å². The lowest BCUT2D eigenvalue weighted by molar-refractivity contribution is 0.234. The van der Waals surface area contributed by atoms with Gasteiger partial charge in [0.2, 0.25) is 0 Å². The Labute approximate surface area is 109 Å². The van der Waals surface area contributed by atoms with Gasteiger partial charge in [-0.3, -0.25) is 4.57 Å². The number of hydrogen-bond donors (Lipinski definition) is 0. The Morgan fingerprint density at radius 3 is 2.67 bits per heavy atom. The van der Waals surface area contributed by atoms with Crippen LogP contribution in [0.25, 0.3) is 11.2 Å². The first-order valence-corrected chi connectivity index (χ1v) is 8.96. The maximum Gasteiger partial charge on any atom is 0.173 e. The van der Waals surface area contributed by atoms with Crippen molar-refractivity contribution >= 4 is 20.2 Å². The van der Waals surface area contributed by atoms with Gasteiger partial charge in [-0.1, -0.05) is 20.8 Å². The van der Waals surface area contributed by atoms with Gasteiger partial charge in [0, 0.05) is 5.41 Å². The molecule has 0 saturated carbocycles. The average molecular weight is 264 g/mol. The fourth-order valence-electron chi connectivity index (χ4n) is 1.80. The van der Waals surface area contributed by atoms with Crippen LogP contribution in [0.1, 0.15) is 26.6 Å². The first-order valence-electron chi connectivity index (χ1n) is 6.18. The number of hydrogen-bond acceptors (Lipinski definition) is 4. The van der Waals surface area contributed by atoms with E-state index in [0.29, 0.717) is 6.73 Å². The predicted octanol–water partition coefficient (Wildman–Crippen LogP) is 2.08. The van der Waals surface area contributed by atoms with E-state index in [2.05, 4.69) is 53.4 Å². The van der Waals surface area contributed by atoms with E-state index in [4.69, 9.17) is 4.43 Å². The van der Waals surface area contributed by atoms with Crippen molar-refractivity contribution in [2.45, 2.75) is 46.0 Å². The molecular formula is C12H20N4OSi. The van der Waals surface area contributed by atoms with Crippen LogP contribution in [0, 0.1) is 0 Å². The van der Waals surface area contributed by atoms with Gasteiger partial charge in [-0.2, -0.15) is 0 Å². The molecule has 6 heteroatoms. The largest absolute Gasteiger partial charge is 0.403 e. The molecule has 0 atom stereocenters. The highest BCUT2D eigenvalue weighted by atomic mass is 28.3. The second kappa shape index (κ2) is 4.77. The standard InChI is InChI=1S/C12H20N4OSi/c1-12(2,3)11-15-9-6-13-7-14-10(9)16(11)8-17-18(4)5/h6-7,18H,8H2,1-5H3. The summed E-state index contributed by atoms with van der Waals surface area (Å²) in [5.41, 5.74) is 1.64. The SMILES string of the molecule is C[SiH](C)OCn1c(C(C)(C)C)nc2cncnc21. The van der Waals surface area contributed by atoms with E-state index in [9.17, 15) is 0 Å². The summed E-state index contributed by atoms with van der Waals surface area (Å²) in [6, 6.07) is 0. The molecule has 0 bridgehead atoms. The van der Waals surface area contributed by atoms with Crippen LogP contribution in [-0.4, -0.2) is 28.6 Å². The molecular weight excluding hydrogens is 244 g/mol. The van der Waals surface area contributed by atoms with E-state index < -0.39 is 9.04 Å². The first-order chi connectivity index (χ1) is 8.39.